The molecule has 0 aliphatic carbocycles. The van der Waals surface area contributed by atoms with Gasteiger partial charge in [0.2, 0.25) is 5.78 Å². The number of aromatic nitrogens is 2. The van der Waals surface area contributed by atoms with Gasteiger partial charge < -0.3 is 0 Å². The minimum atomic E-state index is -0.141. The maximum atomic E-state index is 12.1. The van der Waals surface area contributed by atoms with E-state index in [9.17, 15) is 4.79 Å². The van der Waals surface area contributed by atoms with E-state index in [0.29, 0.717) is 11.3 Å². The highest BCUT2D eigenvalue weighted by atomic mass is 35.5. The van der Waals surface area contributed by atoms with Gasteiger partial charge >= 0.3 is 0 Å². The van der Waals surface area contributed by atoms with Gasteiger partial charge in [-0.2, -0.15) is 0 Å². The van der Waals surface area contributed by atoms with E-state index in [-0.39, 0.29) is 10.9 Å². The molecule has 0 amide bonds. The Morgan fingerprint density at radius 1 is 1.12 bits per heavy atom. The molecule has 2 rings (SSSR count). The summed E-state index contributed by atoms with van der Waals surface area (Å²) in [6.07, 6.45) is 1.29. The molecule has 1 aromatic carbocycles. The predicted octanol–water partition coefficient (Wildman–Crippen LogP) is 2.98. The van der Waals surface area contributed by atoms with Crippen molar-refractivity contribution in [3.63, 3.8) is 0 Å². The van der Waals surface area contributed by atoms with Gasteiger partial charge in [-0.3, -0.25) is 4.79 Å². The summed E-state index contributed by atoms with van der Waals surface area (Å²) in [6, 6.07) is 7.04. The third kappa shape index (κ3) is 2.50. The Labute approximate surface area is 104 Å². The average molecular weight is 247 g/mol. The van der Waals surface area contributed by atoms with Crippen LogP contribution in [0.25, 0.3) is 0 Å². The van der Waals surface area contributed by atoms with Crippen molar-refractivity contribution in [2.75, 3.05) is 0 Å². The van der Waals surface area contributed by atoms with Crippen molar-refractivity contribution in [1.82, 2.24) is 9.97 Å². The van der Waals surface area contributed by atoms with Crippen molar-refractivity contribution >= 4 is 17.4 Å². The molecule has 0 aliphatic rings. The van der Waals surface area contributed by atoms with Crippen molar-refractivity contribution in [1.29, 1.82) is 0 Å². The number of carbonyl (C=O) groups is 1. The average Bonchev–Trinajstić information content (AvgIpc) is 2.32. The van der Waals surface area contributed by atoms with E-state index in [2.05, 4.69) is 9.97 Å². The van der Waals surface area contributed by atoms with Crippen LogP contribution in [0.5, 0.6) is 0 Å². The minimum absolute atomic E-state index is 0.141. The number of benzene rings is 1. The number of aryl methyl sites for hydroxylation is 2. The van der Waals surface area contributed by atoms with E-state index in [1.165, 1.54) is 12.4 Å². The number of carbonyl (C=O) groups excluding carboxylic acids is 1. The first-order chi connectivity index (χ1) is 8.08. The van der Waals surface area contributed by atoms with Gasteiger partial charge in [-0.1, -0.05) is 23.7 Å². The van der Waals surface area contributed by atoms with Crippen molar-refractivity contribution in [3.8, 4) is 0 Å². The lowest BCUT2D eigenvalue weighted by atomic mass is 10.0. The van der Waals surface area contributed by atoms with E-state index in [0.717, 1.165) is 11.1 Å². The quantitative estimate of drug-likeness (QED) is 0.604. The first-order valence-electron chi connectivity index (χ1n) is 5.17. The summed E-state index contributed by atoms with van der Waals surface area (Å²) < 4.78 is 0. The Morgan fingerprint density at radius 3 is 2.53 bits per heavy atom. The van der Waals surface area contributed by atoms with Crippen molar-refractivity contribution in [3.05, 3.63) is 58.1 Å². The summed E-state index contributed by atoms with van der Waals surface area (Å²) in [5.41, 5.74) is 3.16. The van der Waals surface area contributed by atoms with Crippen LogP contribution in [0.3, 0.4) is 0 Å². The Bertz CT molecular complexity index is 581. The highest BCUT2D eigenvalue weighted by Gasteiger charge is 2.11. The fourth-order valence-corrected chi connectivity index (χ4v) is 1.64. The highest BCUT2D eigenvalue weighted by molar-refractivity contribution is 6.29. The lowest BCUT2D eigenvalue weighted by Gasteiger charge is -2.04. The van der Waals surface area contributed by atoms with Crippen molar-refractivity contribution in [2.45, 2.75) is 13.8 Å². The van der Waals surface area contributed by atoms with Gasteiger partial charge in [-0.05, 0) is 31.0 Å². The minimum Gasteiger partial charge on any atom is -0.287 e. The largest absolute Gasteiger partial charge is 0.287 e. The molecule has 0 spiro atoms. The maximum absolute atomic E-state index is 12.1. The van der Waals surface area contributed by atoms with Crippen LogP contribution in [-0.2, 0) is 0 Å². The fraction of sp³-hybridized carbons (Fsp3) is 0.154. The van der Waals surface area contributed by atoms with E-state index >= 15 is 0 Å². The molecule has 0 aliphatic heterocycles. The summed E-state index contributed by atoms with van der Waals surface area (Å²) in [5.74, 6) is -0.141. The monoisotopic (exact) mass is 246 g/mol. The van der Waals surface area contributed by atoms with Gasteiger partial charge in [-0.15, -0.1) is 0 Å². The van der Waals surface area contributed by atoms with Crippen LogP contribution < -0.4 is 0 Å². The number of ketones is 1. The van der Waals surface area contributed by atoms with Gasteiger partial charge in [0, 0.05) is 11.6 Å². The molecule has 0 fully saturated rings. The third-order valence-corrected chi connectivity index (χ3v) is 2.84. The van der Waals surface area contributed by atoms with Crippen LogP contribution in [0.4, 0.5) is 0 Å². The Balaban J connectivity index is 2.40. The molecule has 2 aromatic rings. The summed E-state index contributed by atoms with van der Waals surface area (Å²) in [6.45, 7) is 3.98. The molecular formula is C13H11ClN2O. The van der Waals surface area contributed by atoms with Crippen LogP contribution in [0.15, 0.2) is 30.6 Å². The van der Waals surface area contributed by atoms with Gasteiger partial charge in [-0.25, -0.2) is 9.97 Å². The molecule has 86 valence electrons. The number of hydrogen-bond donors (Lipinski definition) is 0. The maximum Gasteiger partial charge on any atom is 0.211 e. The van der Waals surface area contributed by atoms with Crippen LogP contribution in [-0.4, -0.2) is 15.8 Å². The molecule has 0 N–H and O–H groups in total. The van der Waals surface area contributed by atoms with Crippen LogP contribution in [0.2, 0.25) is 5.15 Å². The molecule has 0 radical (unpaired) electrons. The highest BCUT2D eigenvalue weighted by Crippen LogP contribution is 2.14. The van der Waals surface area contributed by atoms with Crippen LogP contribution in [0, 0.1) is 13.8 Å². The third-order valence-electron chi connectivity index (χ3n) is 2.64. The lowest BCUT2D eigenvalue weighted by Crippen LogP contribution is -2.05. The molecule has 4 heteroatoms. The first kappa shape index (κ1) is 11.7. The van der Waals surface area contributed by atoms with Gasteiger partial charge in [0.1, 0.15) is 17.2 Å². The van der Waals surface area contributed by atoms with E-state index in [4.69, 9.17) is 11.6 Å². The number of hydrogen-bond acceptors (Lipinski definition) is 3. The second-order valence-electron chi connectivity index (χ2n) is 3.85. The topological polar surface area (TPSA) is 42.9 Å². The van der Waals surface area contributed by atoms with E-state index < -0.39 is 0 Å². The SMILES string of the molecule is Cc1ccc(C(=O)c2cc(Cl)ncn2)cc1C. The second kappa shape index (κ2) is 4.63. The summed E-state index contributed by atoms with van der Waals surface area (Å²) in [5, 5.41) is 0.271. The van der Waals surface area contributed by atoms with Crippen molar-refractivity contribution in [2.24, 2.45) is 0 Å². The molecule has 0 bridgehead atoms. The number of nitrogens with zero attached hydrogens (tertiary/aromatic N) is 2. The van der Waals surface area contributed by atoms with Gasteiger partial charge in [0.15, 0.2) is 0 Å². The molecule has 1 aromatic heterocycles. The predicted molar refractivity (Wildman–Crippen MR) is 66.4 cm³/mol. The Morgan fingerprint density at radius 2 is 1.88 bits per heavy atom. The zero-order valence-corrected chi connectivity index (χ0v) is 10.3. The molecular weight excluding hydrogens is 236 g/mol. The zero-order chi connectivity index (χ0) is 12.4. The Hall–Kier alpha value is -1.74. The van der Waals surface area contributed by atoms with Crippen LogP contribution in [0.1, 0.15) is 27.2 Å². The number of halogens is 1. The summed E-state index contributed by atoms with van der Waals surface area (Å²) >= 11 is 5.73. The molecule has 0 unspecified atom stereocenters. The van der Waals surface area contributed by atoms with E-state index in [1.54, 1.807) is 6.07 Å². The first-order valence-corrected chi connectivity index (χ1v) is 5.55. The molecule has 0 saturated carbocycles. The standard InChI is InChI=1S/C13H11ClN2O/c1-8-3-4-10(5-9(8)2)13(17)11-6-12(14)16-7-15-11/h3-7H,1-2H3. The molecule has 1 heterocycles. The smallest absolute Gasteiger partial charge is 0.211 e. The molecule has 0 saturated heterocycles. The van der Waals surface area contributed by atoms with E-state index in [1.807, 2.05) is 26.0 Å². The van der Waals surface area contributed by atoms with Gasteiger partial charge in [0.05, 0.1) is 0 Å². The molecule has 0 atom stereocenters. The fourth-order valence-electron chi connectivity index (χ4n) is 1.49. The zero-order valence-electron chi connectivity index (χ0n) is 9.57. The molecule has 17 heavy (non-hydrogen) atoms. The molecule has 3 nitrogen and oxygen atoms in total. The Kier molecular flexibility index (Phi) is 3.20. The lowest BCUT2D eigenvalue weighted by molar-refractivity contribution is 0.103. The van der Waals surface area contributed by atoms with Crippen LogP contribution >= 0.6 is 11.6 Å². The van der Waals surface area contributed by atoms with Gasteiger partial charge in [0.25, 0.3) is 0 Å². The number of rotatable bonds is 2. The summed E-state index contributed by atoms with van der Waals surface area (Å²) in [4.78, 5) is 19.8. The van der Waals surface area contributed by atoms with Crippen molar-refractivity contribution < 1.29 is 4.79 Å². The second-order valence-corrected chi connectivity index (χ2v) is 4.24. The normalized spacial score (nSPS) is 10.3. The summed E-state index contributed by atoms with van der Waals surface area (Å²) in [7, 11) is 0.